The zero-order valence-corrected chi connectivity index (χ0v) is 9.26. The van der Waals surface area contributed by atoms with E-state index in [9.17, 15) is 0 Å². The average Bonchev–Trinajstić information content (AvgIpc) is 2.00. The monoisotopic (exact) mass is 256 g/mol. The lowest BCUT2D eigenvalue weighted by Gasteiger charge is -2.28. The van der Waals surface area contributed by atoms with Gasteiger partial charge in [0.1, 0.15) is 0 Å². The molecule has 0 bridgehead atoms. The molecule has 0 aliphatic carbocycles. The van der Waals surface area contributed by atoms with Gasteiger partial charge in [-0.1, -0.05) is 22.6 Å². The summed E-state index contributed by atoms with van der Waals surface area (Å²) in [6.07, 6.45) is 0. The van der Waals surface area contributed by atoms with Crippen LogP contribution in [0.5, 0.6) is 0 Å². The molecular weight excluding hydrogens is 239 g/mol. The van der Waals surface area contributed by atoms with Gasteiger partial charge in [0.05, 0.1) is 0 Å². The van der Waals surface area contributed by atoms with Gasteiger partial charge in [-0.25, -0.2) is 0 Å². The molecule has 0 saturated carbocycles. The van der Waals surface area contributed by atoms with Crippen LogP contribution in [0.15, 0.2) is 0 Å². The molecule has 1 saturated heterocycles. The lowest BCUT2D eigenvalue weighted by molar-refractivity contribution is 0.181. The Labute approximate surface area is 77.7 Å². The van der Waals surface area contributed by atoms with E-state index in [-0.39, 0.29) is 0 Å². The second kappa shape index (κ2) is 6.37. The third-order valence-electron chi connectivity index (χ3n) is 1.73. The number of halogens is 1. The van der Waals surface area contributed by atoms with Crippen LogP contribution >= 0.6 is 22.6 Å². The minimum atomic E-state index is 1.23. The maximum absolute atomic E-state index is 2.36. The van der Waals surface area contributed by atoms with E-state index in [4.69, 9.17) is 0 Å². The minimum absolute atomic E-state index is 1.23. The first kappa shape index (κ1) is 10.7. The van der Waals surface area contributed by atoms with Crippen LogP contribution in [0.4, 0.5) is 0 Å². The van der Waals surface area contributed by atoms with Crippen LogP contribution in [0.3, 0.4) is 0 Å². The van der Waals surface area contributed by atoms with Crippen molar-refractivity contribution in [1.82, 2.24) is 9.80 Å². The molecule has 0 spiro atoms. The number of alkyl halides is 1. The van der Waals surface area contributed by atoms with Crippen LogP contribution in [0, 0.1) is 0 Å². The summed E-state index contributed by atoms with van der Waals surface area (Å²) in [7, 11) is 4.35. The Hall–Kier alpha value is 0.650. The van der Waals surface area contributed by atoms with Crippen molar-refractivity contribution in [2.45, 2.75) is 0 Å². The van der Waals surface area contributed by atoms with E-state index in [1.807, 2.05) is 4.93 Å². The molecule has 3 heteroatoms. The molecule has 0 aromatic carbocycles. The Balaban J connectivity index is 0.000000371. The summed E-state index contributed by atoms with van der Waals surface area (Å²) in [6.45, 7) is 4.93. The van der Waals surface area contributed by atoms with Crippen molar-refractivity contribution in [2.24, 2.45) is 0 Å². The van der Waals surface area contributed by atoms with Gasteiger partial charge in [-0.15, -0.1) is 0 Å². The van der Waals surface area contributed by atoms with Gasteiger partial charge in [0.25, 0.3) is 0 Å². The maximum atomic E-state index is 2.36. The van der Waals surface area contributed by atoms with Crippen LogP contribution < -0.4 is 0 Å². The van der Waals surface area contributed by atoms with Gasteiger partial charge in [-0.2, -0.15) is 0 Å². The van der Waals surface area contributed by atoms with Crippen LogP contribution in [-0.2, 0) is 0 Å². The second-order valence-electron chi connectivity index (χ2n) is 2.61. The predicted octanol–water partition coefficient (Wildman–Crippen LogP) is 0.915. The highest BCUT2D eigenvalue weighted by Crippen LogP contribution is 1.93. The molecule has 1 rings (SSSR count). The average molecular weight is 256 g/mol. The molecular formula is C7H17IN2. The zero-order chi connectivity index (χ0) is 7.98. The quantitative estimate of drug-likeness (QED) is 0.469. The molecule has 0 aromatic rings. The van der Waals surface area contributed by atoms with Gasteiger partial charge in [0.2, 0.25) is 0 Å². The van der Waals surface area contributed by atoms with Crippen LogP contribution in [0.25, 0.3) is 0 Å². The highest BCUT2D eigenvalue weighted by Gasteiger charge is 2.07. The third-order valence-corrected chi connectivity index (χ3v) is 1.73. The zero-order valence-electron chi connectivity index (χ0n) is 7.10. The van der Waals surface area contributed by atoms with Crippen molar-refractivity contribution < 1.29 is 0 Å². The van der Waals surface area contributed by atoms with E-state index in [2.05, 4.69) is 46.5 Å². The molecule has 1 aliphatic rings. The summed E-state index contributed by atoms with van der Waals surface area (Å²) < 4.78 is 0. The molecule has 0 radical (unpaired) electrons. The van der Waals surface area contributed by atoms with Crippen molar-refractivity contribution >= 4 is 22.6 Å². The lowest BCUT2D eigenvalue weighted by Crippen LogP contribution is -2.42. The molecule has 0 N–H and O–H groups in total. The molecule has 0 aromatic heterocycles. The number of rotatable bonds is 0. The first-order valence-electron chi connectivity index (χ1n) is 3.54. The summed E-state index contributed by atoms with van der Waals surface area (Å²) in [4.78, 5) is 6.69. The molecule has 0 atom stereocenters. The number of hydrogen-bond acceptors (Lipinski definition) is 2. The normalized spacial score (nSPS) is 21.6. The Kier molecular flexibility index (Phi) is 6.78. The van der Waals surface area contributed by atoms with Gasteiger partial charge in [-0.3, -0.25) is 0 Å². The van der Waals surface area contributed by atoms with Gasteiger partial charge in [0, 0.05) is 26.2 Å². The molecule has 1 aliphatic heterocycles. The van der Waals surface area contributed by atoms with Gasteiger partial charge in [-0.05, 0) is 19.0 Å². The molecule has 0 amide bonds. The fourth-order valence-electron chi connectivity index (χ4n) is 0.906. The molecule has 62 valence electrons. The molecule has 0 unspecified atom stereocenters. The van der Waals surface area contributed by atoms with E-state index in [0.717, 1.165) is 0 Å². The largest absolute Gasteiger partial charge is 0.304 e. The Bertz CT molecular complexity index is 60.0. The number of likely N-dealkylation sites (N-methyl/N-ethyl adjacent to an activating group) is 2. The Morgan fingerprint density at radius 2 is 1.00 bits per heavy atom. The number of piperazine rings is 1. The van der Waals surface area contributed by atoms with E-state index in [1.165, 1.54) is 26.2 Å². The first-order valence-corrected chi connectivity index (χ1v) is 5.69. The van der Waals surface area contributed by atoms with E-state index in [1.54, 1.807) is 0 Å². The van der Waals surface area contributed by atoms with Crippen molar-refractivity contribution in [3.63, 3.8) is 0 Å². The van der Waals surface area contributed by atoms with Crippen molar-refractivity contribution in [3.05, 3.63) is 0 Å². The van der Waals surface area contributed by atoms with Crippen molar-refractivity contribution in [2.75, 3.05) is 45.2 Å². The van der Waals surface area contributed by atoms with Gasteiger partial charge >= 0.3 is 0 Å². The third kappa shape index (κ3) is 4.46. The highest BCUT2D eigenvalue weighted by atomic mass is 127. The van der Waals surface area contributed by atoms with E-state index in [0.29, 0.717) is 0 Å². The Morgan fingerprint density at radius 3 is 1.20 bits per heavy atom. The number of hydrogen-bond donors (Lipinski definition) is 0. The SMILES string of the molecule is CI.CN1CCN(C)CC1. The van der Waals surface area contributed by atoms with Crippen LogP contribution in [0.1, 0.15) is 0 Å². The lowest BCUT2D eigenvalue weighted by atomic mass is 10.4. The fraction of sp³-hybridized carbons (Fsp3) is 1.00. The summed E-state index contributed by atoms with van der Waals surface area (Å²) >= 11 is 2.15. The van der Waals surface area contributed by atoms with E-state index < -0.39 is 0 Å². The van der Waals surface area contributed by atoms with Gasteiger partial charge in [0.15, 0.2) is 0 Å². The van der Waals surface area contributed by atoms with E-state index >= 15 is 0 Å². The summed E-state index contributed by atoms with van der Waals surface area (Å²) in [6, 6.07) is 0. The van der Waals surface area contributed by atoms with Crippen molar-refractivity contribution in [1.29, 1.82) is 0 Å². The molecule has 10 heavy (non-hydrogen) atoms. The van der Waals surface area contributed by atoms with Gasteiger partial charge < -0.3 is 9.80 Å². The smallest absolute Gasteiger partial charge is 0.0107 e. The standard InChI is InChI=1S/C6H14N2.CH3I/c1-7-3-5-8(2)6-4-7;1-2/h3-6H2,1-2H3;1H3. The Morgan fingerprint density at radius 1 is 0.800 bits per heavy atom. The molecule has 1 heterocycles. The summed E-state index contributed by atoms with van der Waals surface area (Å²) in [5.41, 5.74) is 0. The van der Waals surface area contributed by atoms with Crippen LogP contribution in [0.2, 0.25) is 0 Å². The molecule has 2 nitrogen and oxygen atoms in total. The minimum Gasteiger partial charge on any atom is -0.304 e. The number of nitrogens with zero attached hydrogens (tertiary/aromatic N) is 2. The summed E-state index contributed by atoms with van der Waals surface area (Å²) in [5, 5.41) is 0. The first-order chi connectivity index (χ1) is 4.79. The maximum Gasteiger partial charge on any atom is 0.0107 e. The second-order valence-corrected chi connectivity index (χ2v) is 2.61. The van der Waals surface area contributed by atoms with Crippen LogP contribution in [-0.4, -0.2) is 55.0 Å². The van der Waals surface area contributed by atoms with Crippen molar-refractivity contribution in [3.8, 4) is 0 Å². The highest BCUT2D eigenvalue weighted by molar-refractivity contribution is 14.1. The predicted molar refractivity (Wildman–Crippen MR) is 54.9 cm³/mol. The summed E-state index contributed by atoms with van der Waals surface area (Å²) in [5.74, 6) is 0. The molecule has 1 fully saturated rings. The topological polar surface area (TPSA) is 6.48 Å². The fourth-order valence-corrected chi connectivity index (χ4v) is 0.906.